The minimum absolute atomic E-state index is 0.0178. The van der Waals surface area contributed by atoms with E-state index in [0.717, 1.165) is 13.0 Å². The Morgan fingerprint density at radius 2 is 2.05 bits per heavy atom. The van der Waals surface area contributed by atoms with E-state index in [4.69, 9.17) is 0 Å². The molecule has 0 aromatic carbocycles. The molecule has 1 aromatic rings. The highest BCUT2D eigenvalue weighted by molar-refractivity contribution is 8.00. The Kier molecular flexibility index (Phi) is 7.66. The van der Waals surface area contributed by atoms with E-state index in [0.29, 0.717) is 17.7 Å². The highest BCUT2D eigenvalue weighted by Gasteiger charge is 2.19. The van der Waals surface area contributed by atoms with Crippen molar-refractivity contribution in [2.45, 2.75) is 70.1 Å². The van der Waals surface area contributed by atoms with Crippen LogP contribution in [0, 0.1) is 0 Å². The molecule has 0 radical (unpaired) electrons. The highest BCUT2D eigenvalue weighted by atomic mass is 32.2. The van der Waals surface area contributed by atoms with E-state index in [1.165, 1.54) is 11.8 Å². The normalized spacial score (nSPS) is 14.2. The Bertz CT molecular complexity index is 436. The lowest BCUT2D eigenvalue weighted by Crippen LogP contribution is -2.37. The van der Waals surface area contributed by atoms with Gasteiger partial charge in [0.05, 0.1) is 11.8 Å². The predicted molar refractivity (Wildman–Crippen MR) is 84.2 cm³/mol. The number of tetrazole rings is 1. The van der Waals surface area contributed by atoms with Gasteiger partial charge < -0.3 is 10.6 Å². The molecule has 0 bridgehead atoms. The van der Waals surface area contributed by atoms with Gasteiger partial charge in [-0.05, 0) is 30.7 Å². The average molecular weight is 314 g/mol. The van der Waals surface area contributed by atoms with Crippen LogP contribution in [0.4, 0.5) is 0 Å². The summed E-state index contributed by atoms with van der Waals surface area (Å²) in [5.41, 5.74) is 0. The molecule has 8 heteroatoms. The number of carbonyl (C=O) groups excluding carboxylic acids is 1. The number of nitrogens with one attached hydrogen (secondary N) is 2. The fourth-order valence-electron chi connectivity index (χ4n) is 1.55. The van der Waals surface area contributed by atoms with Crippen LogP contribution in [0.5, 0.6) is 0 Å². The first-order chi connectivity index (χ1) is 9.93. The lowest BCUT2D eigenvalue weighted by molar-refractivity contribution is -0.120. The van der Waals surface area contributed by atoms with Crippen molar-refractivity contribution in [1.29, 1.82) is 0 Å². The first kappa shape index (κ1) is 17.9. The topological polar surface area (TPSA) is 84.7 Å². The Morgan fingerprint density at radius 1 is 1.33 bits per heavy atom. The monoisotopic (exact) mass is 314 g/mol. The van der Waals surface area contributed by atoms with Gasteiger partial charge in [-0.3, -0.25) is 4.79 Å². The van der Waals surface area contributed by atoms with Gasteiger partial charge >= 0.3 is 0 Å². The summed E-state index contributed by atoms with van der Waals surface area (Å²) in [6.45, 7) is 11.6. The van der Waals surface area contributed by atoms with E-state index in [1.54, 1.807) is 4.68 Å². The molecule has 1 rings (SSSR count). The minimum atomic E-state index is -0.221. The number of hydrogen-bond donors (Lipinski definition) is 2. The lowest BCUT2D eigenvalue weighted by Gasteiger charge is -2.15. The van der Waals surface area contributed by atoms with Crippen LogP contribution in [0.1, 0.15) is 41.0 Å². The van der Waals surface area contributed by atoms with Crippen LogP contribution < -0.4 is 10.6 Å². The second kappa shape index (κ2) is 8.99. The summed E-state index contributed by atoms with van der Waals surface area (Å²) in [4.78, 5) is 12.0. The van der Waals surface area contributed by atoms with Gasteiger partial charge in [0.15, 0.2) is 0 Å². The van der Waals surface area contributed by atoms with E-state index in [1.807, 2.05) is 20.8 Å². The van der Waals surface area contributed by atoms with Crippen LogP contribution in [0.2, 0.25) is 0 Å². The first-order valence-electron chi connectivity index (χ1n) is 7.40. The van der Waals surface area contributed by atoms with E-state index < -0.39 is 0 Å². The maximum Gasteiger partial charge on any atom is 0.233 e. The molecule has 2 unspecified atom stereocenters. The third kappa shape index (κ3) is 6.43. The smallest absolute Gasteiger partial charge is 0.233 e. The maximum atomic E-state index is 12.0. The van der Waals surface area contributed by atoms with Crippen molar-refractivity contribution in [2.24, 2.45) is 0 Å². The molecule has 1 amide bonds. The molecule has 2 atom stereocenters. The fraction of sp³-hybridized carbons (Fsp3) is 0.846. The summed E-state index contributed by atoms with van der Waals surface area (Å²) in [5.74, 6) is 0.0178. The predicted octanol–water partition coefficient (Wildman–Crippen LogP) is 1.07. The van der Waals surface area contributed by atoms with Gasteiger partial charge in [-0.25, -0.2) is 4.68 Å². The number of rotatable bonds is 9. The Labute approximate surface area is 130 Å². The number of hydrogen-bond acceptors (Lipinski definition) is 6. The molecule has 1 aromatic heterocycles. The van der Waals surface area contributed by atoms with Gasteiger partial charge in [0.2, 0.25) is 11.1 Å². The van der Waals surface area contributed by atoms with Crippen molar-refractivity contribution >= 4 is 17.7 Å². The molecule has 0 fully saturated rings. The summed E-state index contributed by atoms with van der Waals surface area (Å²) < 4.78 is 1.73. The fourth-order valence-corrected chi connectivity index (χ4v) is 2.38. The molecular formula is C13H26N6OS. The number of nitrogens with zero attached hydrogens (tertiary/aromatic N) is 4. The largest absolute Gasteiger partial charge is 0.353 e. The molecule has 0 saturated carbocycles. The van der Waals surface area contributed by atoms with Crippen molar-refractivity contribution in [1.82, 2.24) is 30.8 Å². The van der Waals surface area contributed by atoms with E-state index >= 15 is 0 Å². The zero-order chi connectivity index (χ0) is 15.8. The zero-order valence-electron chi connectivity index (χ0n) is 13.5. The van der Waals surface area contributed by atoms with Crippen molar-refractivity contribution in [2.75, 3.05) is 6.54 Å². The minimum Gasteiger partial charge on any atom is -0.353 e. The van der Waals surface area contributed by atoms with Crippen LogP contribution in [-0.4, -0.2) is 50.0 Å². The van der Waals surface area contributed by atoms with Crippen LogP contribution in [-0.2, 0) is 11.3 Å². The molecule has 0 aliphatic rings. The third-order valence-electron chi connectivity index (χ3n) is 3.03. The van der Waals surface area contributed by atoms with Crippen molar-refractivity contribution in [3.05, 3.63) is 0 Å². The zero-order valence-corrected chi connectivity index (χ0v) is 14.3. The first-order valence-corrected chi connectivity index (χ1v) is 8.28. The van der Waals surface area contributed by atoms with Gasteiger partial charge in [0.1, 0.15) is 0 Å². The maximum absolute atomic E-state index is 12.0. The molecule has 21 heavy (non-hydrogen) atoms. The molecule has 120 valence electrons. The molecule has 0 aliphatic carbocycles. The van der Waals surface area contributed by atoms with E-state index in [-0.39, 0.29) is 17.2 Å². The quantitative estimate of drug-likeness (QED) is 0.663. The average Bonchev–Trinajstić information content (AvgIpc) is 2.85. The summed E-state index contributed by atoms with van der Waals surface area (Å²) in [6.07, 6.45) is 0.918. The molecule has 0 saturated heterocycles. The Hall–Kier alpha value is -1.15. The third-order valence-corrected chi connectivity index (χ3v) is 4.10. The second-order valence-corrected chi connectivity index (χ2v) is 6.68. The number of amides is 1. The summed E-state index contributed by atoms with van der Waals surface area (Å²) in [5, 5.41) is 18.4. The lowest BCUT2D eigenvalue weighted by atomic mass is 10.2. The molecule has 7 nitrogen and oxygen atoms in total. The molecule has 0 aliphatic heterocycles. The standard InChI is InChI=1S/C13H26N6OS/c1-6-10(4)15-12(20)11(5)21-13-16-17-18-19(13)8-7-14-9(2)3/h9-11,14H,6-8H2,1-5H3,(H,15,20). The van der Waals surface area contributed by atoms with Crippen molar-refractivity contribution in [3.8, 4) is 0 Å². The van der Waals surface area contributed by atoms with Crippen molar-refractivity contribution in [3.63, 3.8) is 0 Å². The van der Waals surface area contributed by atoms with Crippen molar-refractivity contribution < 1.29 is 4.79 Å². The summed E-state index contributed by atoms with van der Waals surface area (Å²) in [6, 6.07) is 0.615. The number of thioether (sulfide) groups is 1. The molecule has 2 N–H and O–H groups in total. The Balaban J connectivity index is 2.50. The Morgan fingerprint density at radius 3 is 2.67 bits per heavy atom. The highest BCUT2D eigenvalue weighted by Crippen LogP contribution is 2.20. The molecular weight excluding hydrogens is 288 g/mol. The number of carbonyl (C=O) groups is 1. The van der Waals surface area contributed by atoms with Gasteiger partial charge in [0.25, 0.3) is 0 Å². The van der Waals surface area contributed by atoms with E-state index in [2.05, 4.69) is 40.0 Å². The second-order valence-electron chi connectivity index (χ2n) is 5.37. The van der Waals surface area contributed by atoms with Crippen LogP contribution in [0.3, 0.4) is 0 Å². The molecule has 1 heterocycles. The number of aromatic nitrogens is 4. The van der Waals surface area contributed by atoms with Gasteiger partial charge in [-0.2, -0.15) is 0 Å². The summed E-state index contributed by atoms with van der Waals surface area (Å²) >= 11 is 1.38. The van der Waals surface area contributed by atoms with Crippen LogP contribution in [0.15, 0.2) is 5.16 Å². The van der Waals surface area contributed by atoms with Crippen LogP contribution >= 0.6 is 11.8 Å². The van der Waals surface area contributed by atoms with Gasteiger partial charge in [-0.15, -0.1) is 5.10 Å². The van der Waals surface area contributed by atoms with Crippen LogP contribution in [0.25, 0.3) is 0 Å². The molecule has 0 spiro atoms. The summed E-state index contributed by atoms with van der Waals surface area (Å²) in [7, 11) is 0. The van der Waals surface area contributed by atoms with Gasteiger partial charge in [0, 0.05) is 18.6 Å². The SMILES string of the molecule is CCC(C)NC(=O)C(C)Sc1nnnn1CCNC(C)C. The van der Waals surface area contributed by atoms with E-state index in [9.17, 15) is 4.79 Å². The van der Waals surface area contributed by atoms with Gasteiger partial charge in [-0.1, -0.05) is 32.5 Å².